The Morgan fingerprint density at radius 1 is 1.35 bits per heavy atom. The van der Waals surface area contributed by atoms with E-state index in [4.69, 9.17) is 0 Å². The molecule has 1 N–H and O–H groups in total. The molecule has 0 radical (unpaired) electrons. The Kier molecular flexibility index (Phi) is 5.85. The van der Waals surface area contributed by atoms with E-state index in [9.17, 15) is 23.3 Å². The maximum absolute atomic E-state index is 12.3. The number of nitrogens with one attached hydrogen (secondary N) is 1. The Morgan fingerprint density at radius 3 is 2.52 bits per heavy atom. The fourth-order valence-electron chi connectivity index (χ4n) is 2.62. The number of nitrogens with zero attached hydrogens (tertiary/aromatic N) is 2. The number of rotatable bonds is 5. The van der Waals surface area contributed by atoms with Crippen molar-refractivity contribution in [3.05, 3.63) is 32.8 Å². The van der Waals surface area contributed by atoms with Crippen LogP contribution in [0.1, 0.15) is 12.8 Å². The Hall–Kier alpha value is -1.35. The zero-order valence-electron chi connectivity index (χ0n) is 12.3. The molecule has 1 aliphatic rings. The molecule has 1 aliphatic heterocycles. The zero-order valence-corrected chi connectivity index (χ0v) is 13.9. The third kappa shape index (κ3) is 5.65. The van der Waals surface area contributed by atoms with Crippen LogP contribution in [-0.2, 0) is 0 Å². The molecule has 5 nitrogen and oxygen atoms in total. The van der Waals surface area contributed by atoms with Gasteiger partial charge < -0.3 is 5.32 Å². The lowest BCUT2D eigenvalue weighted by molar-refractivity contribution is -0.384. The van der Waals surface area contributed by atoms with Gasteiger partial charge in [0.1, 0.15) is 0 Å². The molecule has 2 rings (SSSR count). The van der Waals surface area contributed by atoms with Crippen molar-refractivity contribution in [1.82, 2.24) is 4.90 Å². The van der Waals surface area contributed by atoms with E-state index in [1.807, 2.05) is 0 Å². The molecule has 0 amide bonds. The highest BCUT2D eigenvalue weighted by molar-refractivity contribution is 9.10. The first-order chi connectivity index (χ1) is 10.7. The molecule has 0 bridgehead atoms. The number of hydrogen-bond donors (Lipinski definition) is 1. The van der Waals surface area contributed by atoms with Gasteiger partial charge in [-0.3, -0.25) is 15.0 Å². The Bertz CT molecular complexity index is 561. The molecule has 1 fully saturated rings. The first kappa shape index (κ1) is 18.0. The monoisotopic (exact) mass is 395 g/mol. The Morgan fingerprint density at radius 2 is 2.00 bits per heavy atom. The van der Waals surface area contributed by atoms with Gasteiger partial charge in [-0.1, -0.05) is 0 Å². The second-order valence-electron chi connectivity index (χ2n) is 5.64. The van der Waals surface area contributed by atoms with Gasteiger partial charge in [0.25, 0.3) is 5.69 Å². The van der Waals surface area contributed by atoms with Gasteiger partial charge in [0.2, 0.25) is 0 Å². The molecule has 0 saturated carbocycles. The van der Waals surface area contributed by atoms with Crippen LogP contribution in [0, 0.1) is 16.0 Å². The van der Waals surface area contributed by atoms with Crippen LogP contribution in [0.15, 0.2) is 22.7 Å². The van der Waals surface area contributed by atoms with Crippen molar-refractivity contribution in [2.24, 2.45) is 5.92 Å². The molecule has 0 atom stereocenters. The summed E-state index contributed by atoms with van der Waals surface area (Å²) in [7, 11) is 0. The first-order valence-electron chi connectivity index (χ1n) is 7.21. The summed E-state index contributed by atoms with van der Waals surface area (Å²) in [5.41, 5.74) is 0.746. The average Bonchev–Trinajstić information content (AvgIpc) is 2.45. The van der Waals surface area contributed by atoms with Crippen LogP contribution < -0.4 is 5.32 Å². The fraction of sp³-hybridized carbons (Fsp3) is 0.571. The number of non-ortho nitro benzene ring substituents is 1. The first-order valence-corrected chi connectivity index (χ1v) is 8.01. The third-order valence-corrected chi connectivity index (χ3v) is 4.51. The highest BCUT2D eigenvalue weighted by Gasteiger charge is 2.32. The number of nitro groups is 1. The van der Waals surface area contributed by atoms with E-state index in [0.29, 0.717) is 42.9 Å². The minimum atomic E-state index is -4.14. The molecule has 0 spiro atoms. The smallest absolute Gasteiger partial charge is 0.384 e. The highest BCUT2D eigenvalue weighted by Crippen LogP contribution is 2.28. The lowest BCUT2D eigenvalue weighted by Crippen LogP contribution is -2.41. The summed E-state index contributed by atoms with van der Waals surface area (Å²) in [5.74, 6) is 0.293. The van der Waals surface area contributed by atoms with Crippen molar-refractivity contribution in [1.29, 1.82) is 0 Å². The molecule has 1 saturated heterocycles. The van der Waals surface area contributed by atoms with Gasteiger partial charge in [-0.05, 0) is 53.8 Å². The molecule has 0 aromatic heterocycles. The van der Waals surface area contributed by atoms with Gasteiger partial charge in [0.15, 0.2) is 0 Å². The van der Waals surface area contributed by atoms with Crippen LogP contribution in [-0.4, -0.2) is 42.2 Å². The summed E-state index contributed by atoms with van der Waals surface area (Å²) in [6, 6.07) is 4.47. The molecular formula is C14H17BrF3N3O2. The highest BCUT2D eigenvalue weighted by atomic mass is 79.9. The number of benzene rings is 1. The summed E-state index contributed by atoms with van der Waals surface area (Å²) in [6.45, 7) is 0.665. The minimum Gasteiger partial charge on any atom is -0.384 e. The quantitative estimate of drug-likeness (QED) is 0.603. The van der Waals surface area contributed by atoms with Crippen molar-refractivity contribution in [2.75, 3.05) is 31.5 Å². The van der Waals surface area contributed by atoms with Crippen LogP contribution in [0.5, 0.6) is 0 Å². The van der Waals surface area contributed by atoms with E-state index in [1.165, 1.54) is 17.0 Å². The number of likely N-dealkylation sites (tertiary alicyclic amines) is 1. The van der Waals surface area contributed by atoms with Gasteiger partial charge in [0, 0.05) is 28.8 Å². The van der Waals surface area contributed by atoms with Gasteiger partial charge in [-0.15, -0.1) is 0 Å². The standard InChI is InChI=1S/C14H17BrF3N3O2/c15-12-7-11(21(22)23)1-2-13(12)19-8-10-3-5-20(6-4-10)9-14(16,17)18/h1-2,7,10,19H,3-6,8-9H2. The molecular weight excluding hydrogens is 379 g/mol. The summed E-state index contributed by atoms with van der Waals surface area (Å²) in [6.07, 6.45) is -2.74. The molecule has 23 heavy (non-hydrogen) atoms. The SMILES string of the molecule is O=[N+]([O-])c1ccc(NCC2CCN(CC(F)(F)F)CC2)c(Br)c1. The fourth-order valence-corrected chi connectivity index (χ4v) is 3.12. The molecule has 9 heteroatoms. The Balaban J connectivity index is 1.80. The largest absolute Gasteiger partial charge is 0.401 e. The number of nitro benzene ring substituents is 1. The van der Waals surface area contributed by atoms with Crippen LogP contribution in [0.25, 0.3) is 0 Å². The predicted molar refractivity (Wildman–Crippen MR) is 84.5 cm³/mol. The van der Waals surface area contributed by atoms with Crippen molar-refractivity contribution < 1.29 is 18.1 Å². The van der Waals surface area contributed by atoms with Crippen molar-refractivity contribution in [3.8, 4) is 0 Å². The summed E-state index contributed by atoms with van der Waals surface area (Å²) in [4.78, 5) is 11.6. The second-order valence-corrected chi connectivity index (χ2v) is 6.49. The van der Waals surface area contributed by atoms with E-state index in [1.54, 1.807) is 6.07 Å². The minimum absolute atomic E-state index is 0.00267. The molecule has 1 aromatic rings. The van der Waals surface area contributed by atoms with Crippen LogP contribution in [0.2, 0.25) is 0 Å². The third-order valence-electron chi connectivity index (χ3n) is 3.85. The topological polar surface area (TPSA) is 58.4 Å². The predicted octanol–water partition coefficient (Wildman–Crippen LogP) is 4.04. The van der Waals surface area contributed by atoms with E-state index < -0.39 is 17.6 Å². The molecule has 0 unspecified atom stereocenters. The normalized spacial score (nSPS) is 17.2. The van der Waals surface area contributed by atoms with Gasteiger partial charge in [-0.25, -0.2) is 0 Å². The molecule has 1 aromatic carbocycles. The second kappa shape index (κ2) is 7.48. The van der Waals surface area contributed by atoms with Gasteiger partial charge in [0.05, 0.1) is 11.5 Å². The van der Waals surface area contributed by atoms with Crippen LogP contribution in [0.3, 0.4) is 0 Å². The van der Waals surface area contributed by atoms with Crippen molar-refractivity contribution in [2.45, 2.75) is 19.0 Å². The number of halogens is 4. The van der Waals surface area contributed by atoms with E-state index in [-0.39, 0.29) is 5.69 Å². The molecule has 1 heterocycles. The Labute approximate surface area is 140 Å². The lowest BCUT2D eigenvalue weighted by atomic mass is 9.96. The lowest BCUT2D eigenvalue weighted by Gasteiger charge is -2.32. The number of piperidine rings is 1. The van der Waals surface area contributed by atoms with Crippen molar-refractivity contribution in [3.63, 3.8) is 0 Å². The van der Waals surface area contributed by atoms with E-state index in [0.717, 1.165) is 5.69 Å². The van der Waals surface area contributed by atoms with Crippen LogP contribution in [0.4, 0.5) is 24.5 Å². The van der Waals surface area contributed by atoms with Gasteiger partial charge in [-0.2, -0.15) is 13.2 Å². The van der Waals surface area contributed by atoms with E-state index >= 15 is 0 Å². The maximum atomic E-state index is 12.3. The summed E-state index contributed by atoms with van der Waals surface area (Å²) < 4.78 is 37.6. The summed E-state index contributed by atoms with van der Waals surface area (Å²) in [5, 5.41) is 13.9. The zero-order chi connectivity index (χ0) is 17.0. The van der Waals surface area contributed by atoms with E-state index in [2.05, 4.69) is 21.2 Å². The number of hydrogen-bond acceptors (Lipinski definition) is 4. The van der Waals surface area contributed by atoms with Crippen LogP contribution >= 0.6 is 15.9 Å². The maximum Gasteiger partial charge on any atom is 0.401 e. The number of alkyl halides is 3. The molecule has 128 valence electrons. The van der Waals surface area contributed by atoms with Gasteiger partial charge >= 0.3 is 6.18 Å². The molecule has 0 aliphatic carbocycles. The average molecular weight is 396 g/mol. The van der Waals surface area contributed by atoms with Crippen molar-refractivity contribution >= 4 is 27.3 Å². The number of anilines is 1. The summed E-state index contributed by atoms with van der Waals surface area (Å²) >= 11 is 3.28.